The Balaban J connectivity index is 1.52. The summed E-state index contributed by atoms with van der Waals surface area (Å²) in [5.74, 6) is -0.995. The first-order chi connectivity index (χ1) is 15.4. The Bertz CT molecular complexity index is 1150. The van der Waals surface area contributed by atoms with E-state index in [1.807, 2.05) is 6.07 Å². The van der Waals surface area contributed by atoms with Gasteiger partial charge in [-0.3, -0.25) is 0 Å². The third-order valence-electron chi connectivity index (χ3n) is 5.52. The van der Waals surface area contributed by atoms with Gasteiger partial charge in [0.05, 0.1) is 12.8 Å². The Morgan fingerprint density at radius 3 is 2.72 bits per heavy atom. The van der Waals surface area contributed by atoms with Crippen molar-refractivity contribution < 1.29 is 18.3 Å². The number of aromatic amines is 1. The summed E-state index contributed by atoms with van der Waals surface area (Å²) in [6, 6.07) is 12.4. The second-order valence-electron chi connectivity index (χ2n) is 7.69. The lowest BCUT2D eigenvalue weighted by Crippen LogP contribution is -2.24. The van der Waals surface area contributed by atoms with Crippen LogP contribution in [-0.4, -0.2) is 28.0 Å². The number of hydrogen-bond acceptors (Lipinski definition) is 5. The lowest BCUT2D eigenvalue weighted by atomic mass is 9.86. The van der Waals surface area contributed by atoms with Crippen LogP contribution in [0.1, 0.15) is 48.8 Å². The van der Waals surface area contributed by atoms with Crippen LogP contribution < -0.4 is 9.47 Å². The number of halogens is 3. The van der Waals surface area contributed by atoms with Gasteiger partial charge >= 0.3 is 0 Å². The molecule has 2 aromatic heterocycles. The lowest BCUT2D eigenvalue weighted by molar-refractivity contribution is -0.0387. The van der Waals surface area contributed by atoms with Gasteiger partial charge in [-0.2, -0.15) is 5.26 Å². The number of aromatic nitrogens is 3. The van der Waals surface area contributed by atoms with Crippen molar-refractivity contribution in [2.75, 3.05) is 7.11 Å². The molecule has 1 aromatic carbocycles. The summed E-state index contributed by atoms with van der Waals surface area (Å²) in [6.45, 7) is 0.192. The van der Waals surface area contributed by atoms with Crippen LogP contribution in [0.2, 0.25) is 5.15 Å². The van der Waals surface area contributed by atoms with E-state index in [1.54, 1.807) is 36.4 Å². The number of pyridine rings is 1. The molecule has 0 bridgehead atoms. The maximum atomic E-state index is 13.5. The minimum absolute atomic E-state index is 0.0776. The summed E-state index contributed by atoms with van der Waals surface area (Å²) in [7, 11) is 1.53. The zero-order chi connectivity index (χ0) is 22.7. The highest BCUT2D eigenvalue weighted by Gasteiger charge is 2.36. The molecule has 0 aliphatic heterocycles. The van der Waals surface area contributed by atoms with Gasteiger partial charge < -0.3 is 14.5 Å². The van der Waals surface area contributed by atoms with Crippen molar-refractivity contribution in [3.8, 4) is 28.8 Å². The summed E-state index contributed by atoms with van der Waals surface area (Å²) < 4.78 is 38.3. The van der Waals surface area contributed by atoms with Gasteiger partial charge in [-0.1, -0.05) is 17.7 Å². The summed E-state index contributed by atoms with van der Waals surface area (Å²) in [6.07, 6.45) is 0.433. The molecule has 9 heteroatoms. The van der Waals surface area contributed by atoms with E-state index >= 15 is 0 Å². The number of alkyl halides is 2. The molecule has 2 heterocycles. The van der Waals surface area contributed by atoms with Gasteiger partial charge in [-0.15, -0.1) is 0 Å². The van der Waals surface area contributed by atoms with Crippen molar-refractivity contribution in [1.82, 2.24) is 15.0 Å². The van der Waals surface area contributed by atoms with Crippen LogP contribution >= 0.6 is 11.6 Å². The van der Waals surface area contributed by atoms with Crippen LogP contribution in [0.4, 0.5) is 8.78 Å². The first kappa shape index (κ1) is 22.0. The number of nitrogens with zero attached hydrogens (tertiary/aromatic N) is 3. The zero-order valence-corrected chi connectivity index (χ0v) is 18.1. The van der Waals surface area contributed by atoms with Crippen LogP contribution in [0.3, 0.4) is 0 Å². The molecule has 1 fully saturated rings. The quantitative estimate of drug-likeness (QED) is 0.498. The van der Waals surface area contributed by atoms with Crippen LogP contribution in [-0.2, 0) is 6.61 Å². The lowest BCUT2D eigenvalue weighted by Gasteiger charge is -2.26. The van der Waals surface area contributed by atoms with Crippen LogP contribution in [0.15, 0.2) is 36.4 Å². The van der Waals surface area contributed by atoms with Gasteiger partial charge in [0.25, 0.3) is 0 Å². The predicted octanol–water partition coefficient (Wildman–Crippen LogP) is 5.88. The average Bonchev–Trinajstić information content (AvgIpc) is 3.18. The van der Waals surface area contributed by atoms with Gasteiger partial charge in [-0.25, -0.2) is 18.7 Å². The number of methoxy groups -OCH3 is 1. The second kappa shape index (κ2) is 9.13. The molecule has 3 aromatic rings. The second-order valence-corrected chi connectivity index (χ2v) is 8.07. The third kappa shape index (κ3) is 4.83. The summed E-state index contributed by atoms with van der Waals surface area (Å²) in [4.78, 5) is 11.8. The zero-order valence-electron chi connectivity index (χ0n) is 17.4. The molecule has 0 amide bonds. The Labute approximate surface area is 189 Å². The van der Waals surface area contributed by atoms with Gasteiger partial charge in [-0.05, 0) is 37.1 Å². The standard InChI is InChI=1S/C23H21ClF2N4O2/c1-31-19-11-17(32-13-16-4-2-3-15(12-27)28-16)5-6-18(19)20-21(24)30-22(29-20)14-7-9-23(25,26)10-8-14/h2-6,11,14H,7-10,13H2,1H3,(H,29,30). The fourth-order valence-corrected chi connectivity index (χ4v) is 4.03. The summed E-state index contributed by atoms with van der Waals surface area (Å²) in [5, 5.41) is 9.30. The number of nitriles is 1. The topological polar surface area (TPSA) is 83.8 Å². The van der Waals surface area contributed by atoms with E-state index < -0.39 is 5.92 Å². The molecule has 6 nitrogen and oxygen atoms in total. The van der Waals surface area contributed by atoms with E-state index in [1.165, 1.54) is 7.11 Å². The Morgan fingerprint density at radius 1 is 1.22 bits per heavy atom. The van der Waals surface area contributed by atoms with E-state index in [2.05, 4.69) is 15.0 Å². The van der Waals surface area contributed by atoms with Crippen molar-refractivity contribution in [1.29, 1.82) is 5.26 Å². The summed E-state index contributed by atoms with van der Waals surface area (Å²) in [5.41, 5.74) is 2.12. The molecule has 1 saturated carbocycles. The van der Waals surface area contributed by atoms with Crippen LogP contribution in [0.5, 0.6) is 11.5 Å². The van der Waals surface area contributed by atoms with Gasteiger partial charge in [0.1, 0.15) is 46.5 Å². The molecular formula is C23H21ClF2N4O2. The molecular weight excluding hydrogens is 438 g/mol. The van der Waals surface area contributed by atoms with Crippen molar-refractivity contribution in [3.63, 3.8) is 0 Å². The first-order valence-electron chi connectivity index (χ1n) is 10.2. The predicted molar refractivity (Wildman–Crippen MR) is 115 cm³/mol. The normalized spacial score (nSPS) is 15.8. The molecule has 32 heavy (non-hydrogen) atoms. The van der Waals surface area contributed by atoms with Crippen molar-refractivity contribution >= 4 is 11.6 Å². The number of rotatable bonds is 6. The highest BCUT2D eigenvalue weighted by atomic mass is 35.5. The number of nitrogens with one attached hydrogen (secondary N) is 1. The fourth-order valence-electron chi connectivity index (χ4n) is 3.79. The molecule has 1 aliphatic carbocycles. The maximum absolute atomic E-state index is 13.5. The highest BCUT2D eigenvalue weighted by molar-refractivity contribution is 6.32. The summed E-state index contributed by atoms with van der Waals surface area (Å²) >= 11 is 6.41. The largest absolute Gasteiger partial charge is 0.496 e. The number of benzene rings is 1. The molecule has 4 rings (SSSR count). The SMILES string of the molecule is COc1cc(OCc2cccc(C#N)n2)ccc1-c1nc(C2CCC(F)(F)CC2)[nH]c1Cl. The van der Waals surface area contributed by atoms with Crippen molar-refractivity contribution in [2.24, 2.45) is 0 Å². The van der Waals surface area contributed by atoms with Gasteiger partial charge in [0, 0.05) is 30.4 Å². The minimum Gasteiger partial charge on any atom is -0.496 e. The smallest absolute Gasteiger partial charge is 0.248 e. The third-order valence-corrected chi connectivity index (χ3v) is 5.79. The Hall–Kier alpha value is -3.18. The number of H-pyrrole nitrogens is 1. The first-order valence-corrected chi connectivity index (χ1v) is 10.6. The van der Waals surface area contributed by atoms with Gasteiger partial charge in [0.2, 0.25) is 5.92 Å². The molecule has 1 N–H and O–H groups in total. The molecule has 0 spiro atoms. The molecule has 0 saturated heterocycles. The molecule has 166 valence electrons. The van der Waals surface area contributed by atoms with E-state index in [-0.39, 0.29) is 25.4 Å². The molecule has 1 aliphatic rings. The number of hydrogen-bond donors (Lipinski definition) is 1. The average molecular weight is 459 g/mol. The Kier molecular flexibility index (Phi) is 6.28. The van der Waals surface area contributed by atoms with E-state index in [9.17, 15) is 8.78 Å². The highest BCUT2D eigenvalue weighted by Crippen LogP contribution is 2.42. The van der Waals surface area contributed by atoms with E-state index in [4.69, 9.17) is 26.3 Å². The number of ether oxygens (including phenoxy) is 2. The molecule has 0 radical (unpaired) electrons. The Morgan fingerprint density at radius 2 is 2.00 bits per heavy atom. The minimum atomic E-state index is -2.60. The van der Waals surface area contributed by atoms with Crippen LogP contribution in [0.25, 0.3) is 11.3 Å². The van der Waals surface area contributed by atoms with Crippen LogP contribution in [0, 0.1) is 11.3 Å². The van der Waals surface area contributed by atoms with Crippen molar-refractivity contribution in [2.45, 2.75) is 44.1 Å². The maximum Gasteiger partial charge on any atom is 0.248 e. The number of imidazole rings is 1. The van der Waals surface area contributed by atoms with E-state index in [0.717, 1.165) is 0 Å². The van der Waals surface area contributed by atoms with Gasteiger partial charge in [0.15, 0.2) is 0 Å². The molecule has 0 unspecified atom stereocenters. The van der Waals surface area contributed by atoms with Crippen molar-refractivity contribution in [3.05, 3.63) is 58.8 Å². The molecule has 0 atom stereocenters. The monoisotopic (exact) mass is 458 g/mol. The fraction of sp³-hybridized carbons (Fsp3) is 0.348. The van der Waals surface area contributed by atoms with E-state index in [0.29, 0.717) is 58.0 Å².